The molecule has 0 aliphatic rings. The lowest BCUT2D eigenvalue weighted by Gasteiger charge is -2.32. The second kappa shape index (κ2) is 5.00. The summed E-state index contributed by atoms with van der Waals surface area (Å²) in [5.41, 5.74) is 0.528. The quantitative estimate of drug-likeness (QED) is 0.778. The molecule has 0 aromatic heterocycles. The van der Waals surface area contributed by atoms with Gasteiger partial charge in [-0.25, -0.2) is 0 Å². The molecule has 86 valence electrons. The van der Waals surface area contributed by atoms with E-state index >= 15 is 0 Å². The molecule has 0 aliphatic carbocycles. The number of nitriles is 1. The Morgan fingerprint density at radius 1 is 1.31 bits per heavy atom. The number of nitrogens with zero attached hydrogens (tertiary/aromatic N) is 2. The second-order valence-electron chi connectivity index (χ2n) is 4.60. The molecular weight excluding hydrogens is 200 g/mol. The van der Waals surface area contributed by atoms with Gasteiger partial charge in [0.15, 0.2) is 0 Å². The monoisotopic (exact) mass is 218 g/mol. The largest absolute Gasteiger partial charge is 0.490 e. The van der Waals surface area contributed by atoms with Gasteiger partial charge in [-0.3, -0.25) is 0 Å². The molecule has 0 spiro atoms. The molecule has 0 N–H and O–H groups in total. The van der Waals surface area contributed by atoms with E-state index in [4.69, 9.17) is 10.00 Å². The van der Waals surface area contributed by atoms with E-state index in [1.807, 2.05) is 32.3 Å². The highest BCUT2D eigenvalue weighted by atomic mass is 16.5. The van der Waals surface area contributed by atoms with Gasteiger partial charge in [-0.05, 0) is 40.1 Å². The topological polar surface area (TPSA) is 36.3 Å². The Kier molecular flexibility index (Phi) is 3.92. The Labute approximate surface area is 97.3 Å². The van der Waals surface area contributed by atoms with Crippen molar-refractivity contribution < 1.29 is 4.74 Å². The number of rotatable bonds is 4. The minimum Gasteiger partial charge on any atom is -0.490 e. The SMILES string of the molecule is CN(C)C(C)(C)COc1ccccc1C#N. The summed E-state index contributed by atoms with van der Waals surface area (Å²) in [6.07, 6.45) is 0. The minimum atomic E-state index is -0.0530. The molecule has 0 amide bonds. The molecule has 0 heterocycles. The second-order valence-corrected chi connectivity index (χ2v) is 4.60. The van der Waals surface area contributed by atoms with Crippen LogP contribution in [0.25, 0.3) is 0 Å². The number of benzene rings is 1. The number of hydrogen-bond donors (Lipinski definition) is 0. The standard InChI is InChI=1S/C13H18N2O/c1-13(2,15(3)4)10-16-12-8-6-5-7-11(12)9-14/h5-8H,10H2,1-4H3. The molecule has 1 aromatic rings. The summed E-state index contributed by atoms with van der Waals surface area (Å²) in [6, 6.07) is 9.42. The smallest absolute Gasteiger partial charge is 0.137 e. The van der Waals surface area contributed by atoms with Gasteiger partial charge in [0, 0.05) is 5.54 Å². The summed E-state index contributed by atoms with van der Waals surface area (Å²) < 4.78 is 5.69. The number of hydrogen-bond acceptors (Lipinski definition) is 3. The molecule has 0 unspecified atom stereocenters. The van der Waals surface area contributed by atoms with Crippen LogP contribution in [0.3, 0.4) is 0 Å². The molecule has 0 fully saturated rings. The van der Waals surface area contributed by atoms with Gasteiger partial charge in [0.2, 0.25) is 0 Å². The average Bonchev–Trinajstić information content (AvgIpc) is 2.26. The van der Waals surface area contributed by atoms with E-state index in [2.05, 4.69) is 24.8 Å². The van der Waals surface area contributed by atoms with E-state index in [9.17, 15) is 0 Å². The average molecular weight is 218 g/mol. The molecule has 16 heavy (non-hydrogen) atoms. The third-order valence-electron chi connectivity index (χ3n) is 2.80. The lowest BCUT2D eigenvalue weighted by atomic mass is 10.1. The Bertz CT molecular complexity index is 391. The number of ether oxygens (including phenoxy) is 1. The van der Waals surface area contributed by atoms with Crippen LogP contribution in [0.5, 0.6) is 5.75 Å². The van der Waals surface area contributed by atoms with Gasteiger partial charge in [-0.2, -0.15) is 5.26 Å². The van der Waals surface area contributed by atoms with Gasteiger partial charge in [0.25, 0.3) is 0 Å². The predicted octanol–water partition coefficient (Wildman–Crippen LogP) is 2.28. The van der Waals surface area contributed by atoms with E-state index < -0.39 is 0 Å². The van der Waals surface area contributed by atoms with Crippen molar-refractivity contribution in [2.24, 2.45) is 0 Å². The summed E-state index contributed by atoms with van der Waals surface area (Å²) >= 11 is 0. The third-order valence-corrected chi connectivity index (χ3v) is 2.80. The van der Waals surface area contributed by atoms with E-state index in [-0.39, 0.29) is 5.54 Å². The summed E-state index contributed by atoms with van der Waals surface area (Å²) in [5, 5.41) is 8.92. The fourth-order valence-electron chi connectivity index (χ4n) is 1.07. The van der Waals surface area contributed by atoms with Gasteiger partial charge in [0.05, 0.1) is 5.56 Å². The van der Waals surface area contributed by atoms with Gasteiger partial charge < -0.3 is 9.64 Å². The van der Waals surface area contributed by atoms with Crippen molar-refractivity contribution in [2.75, 3.05) is 20.7 Å². The zero-order valence-electron chi connectivity index (χ0n) is 10.3. The van der Waals surface area contributed by atoms with E-state index in [0.717, 1.165) is 0 Å². The summed E-state index contributed by atoms with van der Waals surface area (Å²) in [7, 11) is 4.03. The highest BCUT2D eigenvalue weighted by Crippen LogP contribution is 2.19. The highest BCUT2D eigenvalue weighted by molar-refractivity contribution is 5.42. The van der Waals surface area contributed by atoms with Crippen molar-refractivity contribution in [1.82, 2.24) is 4.90 Å². The van der Waals surface area contributed by atoms with Crippen LogP contribution >= 0.6 is 0 Å². The van der Waals surface area contributed by atoms with E-state index in [0.29, 0.717) is 17.9 Å². The predicted molar refractivity (Wildman–Crippen MR) is 64.4 cm³/mol. The third kappa shape index (κ3) is 2.98. The number of likely N-dealkylation sites (N-methyl/N-ethyl adjacent to an activating group) is 1. The molecule has 0 bridgehead atoms. The van der Waals surface area contributed by atoms with E-state index in [1.54, 1.807) is 6.07 Å². The Balaban J connectivity index is 2.72. The van der Waals surface area contributed by atoms with Gasteiger partial charge in [-0.1, -0.05) is 12.1 Å². The molecule has 1 rings (SSSR count). The van der Waals surface area contributed by atoms with Crippen LogP contribution in [0.4, 0.5) is 0 Å². The van der Waals surface area contributed by atoms with Crippen molar-refractivity contribution in [3.8, 4) is 11.8 Å². The normalized spacial score (nSPS) is 11.2. The molecule has 0 saturated carbocycles. The molecule has 0 atom stereocenters. The van der Waals surface area contributed by atoms with Gasteiger partial charge in [0.1, 0.15) is 18.4 Å². The molecule has 0 radical (unpaired) electrons. The van der Waals surface area contributed by atoms with Crippen molar-refractivity contribution in [2.45, 2.75) is 19.4 Å². The van der Waals surface area contributed by atoms with Gasteiger partial charge in [-0.15, -0.1) is 0 Å². The van der Waals surface area contributed by atoms with Crippen LogP contribution in [0.15, 0.2) is 24.3 Å². The van der Waals surface area contributed by atoms with Crippen molar-refractivity contribution >= 4 is 0 Å². The molecular formula is C13H18N2O. The molecule has 3 nitrogen and oxygen atoms in total. The lowest BCUT2D eigenvalue weighted by molar-refractivity contribution is 0.114. The van der Waals surface area contributed by atoms with Crippen LogP contribution in [0.2, 0.25) is 0 Å². The van der Waals surface area contributed by atoms with Crippen LogP contribution in [0, 0.1) is 11.3 Å². The fraction of sp³-hybridized carbons (Fsp3) is 0.462. The summed E-state index contributed by atoms with van der Waals surface area (Å²) in [6.45, 7) is 4.75. The maximum atomic E-state index is 8.92. The zero-order chi connectivity index (χ0) is 12.2. The maximum absolute atomic E-state index is 8.92. The molecule has 0 aliphatic heterocycles. The van der Waals surface area contributed by atoms with Crippen molar-refractivity contribution in [1.29, 1.82) is 5.26 Å². The van der Waals surface area contributed by atoms with Crippen LogP contribution in [0.1, 0.15) is 19.4 Å². The highest BCUT2D eigenvalue weighted by Gasteiger charge is 2.21. The molecule has 1 aromatic carbocycles. The first-order chi connectivity index (χ1) is 7.47. The first kappa shape index (κ1) is 12.5. The molecule has 3 heteroatoms. The Morgan fingerprint density at radius 3 is 2.50 bits per heavy atom. The Morgan fingerprint density at radius 2 is 1.94 bits per heavy atom. The van der Waals surface area contributed by atoms with Crippen molar-refractivity contribution in [3.63, 3.8) is 0 Å². The lowest BCUT2D eigenvalue weighted by Crippen LogP contribution is -2.43. The van der Waals surface area contributed by atoms with Crippen LogP contribution in [-0.4, -0.2) is 31.1 Å². The first-order valence-corrected chi connectivity index (χ1v) is 5.27. The minimum absolute atomic E-state index is 0.0530. The first-order valence-electron chi connectivity index (χ1n) is 5.27. The van der Waals surface area contributed by atoms with Gasteiger partial charge >= 0.3 is 0 Å². The van der Waals surface area contributed by atoms with E-state index in [1.165, 1.54) is 0 Å². The van der Waals surface area contributed by atoms with Crippen LogP contribution in [-0.2, 0) is 0 Å². The zero-order valence-corrected chi connectivity index (χ0v) is 10.3. The maximum Gasteiger partial charge on any atom is 0.137 e. The fourth-order valence-corrected chi connectivity index (χ4v) is 1.07. The summed E-state index contributed by atoms with van der Waals surface area (Å²) in [4.78, 5) is 2.10. The molecule has 0 saturated heterocycles. The van der Waals surface area contributed by atoms with Crippen molar-refractivity contribution in [3.05, 3.63) is 29.8 Å². The Hall–Kier alpha value is -1.53. The summed E-state index contributed by atoms with van der Waals surface area (Å²) in [5.74, 6) is 0.653. The van der Waals surface area contributed by atoms with Crippen LogP contribution < -0.4 is 4.74 Å². The number of para-hydroxylation sites is 1.